The molecule has 53 heavy (non-hydrogen) atoms. The van der Waals surface area contributed by atoms with Gasteiger partial charge < -0.3 is 15.2 Å². The molecule has 9 nitrogen and oxygen atoms in total. The first-order chi connectivity index (χ1) is 24.6. The molecule has 0 radical (unpaired) electrons. The van der Waals surface area contributed by atoms with E-state index in [0.717, 1.165) is 56.9 Å². The van der Waals surface area contributed by atoms with Gasteiger partial charge in [0.15, 0.2) is 5.78 Å². The number of nitrogens with one attached hydrogen (secondary N) is 1. The largest absolute Gasteiger partial charge is 0.481 e. The molecule has 5 aliphatic rings. The van der Waals surface area contributed by atoms with Gasteiger partial charge in [-0.2, -0.15) is 0 Å². The van der Waals surface area contributed by atoms with Crippen molar-refractivity contribution in [2.45, 2.75) is 146 Å². The Balaban J connectivity index is 1.27. The Morgan fingerprint density at radius 2 is 1.62 bits per heavy atom. The quantitative estimate of drug-likeness (QED) is 0.191. The lowest BCUT2D eigenvalue weighted by Crippen LogP contribution is -2.65. The van der Waals surface area contributed by atoms with E-state index in [9.17, 15) is 24.3 Å². The van der Waals surface area contributed by atoms with Crippen LogP contribution < -0.4 is 5.32 Å². The van der Waals surface area contributed by atoms with E-state index in [1.54, 1.807) is 38.4 Å². The number of nitrogens with zero attached hydrogens (tertiary/aromatic N) is 2. The van der Waals surface area contributed by atoms with Crippen molar-refractivity contribution in [2.24, 2.45) is 56.2 Å². The van der Waals surface area contributed by atoms with E-state index in [1.165, 1.54) is 5.57 Å². The van der Waals surface area contributed by atoms with Crippen LogP contribution >= 0.6 is 0 Å². The smallest absolute Gasteiger partial charge is 0.309 e. The first-order valence-electron chi connectivity index (χ1n) is 20.1. The van der Waals surface area contributed by atoms with Gasteiger partial charge in [-0.15, -0.1) is 0 Å². The molecule has 0 bridgehead atoms. The van der Waals surface area contributed by atoms with Crippen molar-refractivity contribution < 1.29 is 29.0 Å². The third kappa shape index (κ3) is 6.30. The zero-order valence-corrected chi connectivity index (χ0v) is 33.8. The van der Waals surface area contributed by atoms with Crippen LogP contribution in [0.1, 0.15) is 145 Å². The fourth-order valence-corrected chi connectivity index (χ4v) is 12.8. The topological polar surface area (TPSA) is 136 Å². The van der Waals surface area contributed by atoms with Crippen LogP contribution in [0.3, 0.4) is 0 Å². The summed E-state index contributed by atoms with van der Waals surface area (Å²) < 4.78 is 6.16. The van der Waals surface area contributed by atoms with Crippen molar-refractivity contribution in [1.82, 2.24) is 15.3 Å². The summed E-state index contributed by atoms with van der Waals surface area (Å²) in [4.78, 5) is 60.7. The first-order valence-corrected chi connectivity index (χ1v) is 20.1. The molecule has 9 atom stereocenters. The van der Waals surface area contributed by atoms with Gasteiger partial charge >= 0.3 is 11.9 Å². The second-order valence-electron chi connectivity index (χ2n) is 19.7. The van der Waals surface area contributed by atoms with Gasteiger partial charge in [-0.05, 0) is 135 Å². The minimum absolute atomic E-state index is 0.0153. The number of rotatable bonds is 9. The normalized spacial score (nSPS) is 37.0. The second-order valence-corrected chi connectivity index (χ2v) is 19.7. The number of esters is 1. The number of carboxylic acids is 1. The van der Waals surface area contributed by atoms with Crippen LogP contribution in [0.2, 0.25) is 0 Å². The number of hydrogen-bond acceptors (Lipinski definition) is 7. The lowest BCUT2D eigenvalue weighted by molar-refractivity contribution is -0.232. The summed E-state index contributed by atoms with van der Waals surface area (Å²) in [6.45, 7) is 21.4. The average Bonchev–Trinajstić information content (AvgIpc) is 3.38. The standard InChI is InChI=1S/C44H63N3O6/c1-26(2)35-29(48)24-44(19-16-33(49)47-27(3)37-45-22-11-23-46-37)21-20-42(9)28(36(35)44)12-13-31-41(8)17-15-32(53-34(50)25-39(4,5)38(51)52)40(6,7)30(41)14-18-43(31,42)10/h11,16,19,22-23,26-28,30-32H,12-15,17-18,20-21,24-25H2,1-10H3,(H,47,49)(H,51,52)/b19-16+/t27-,28-,30+,31-,32+,41+,42-,43-,44+/m1/s1. The maximum atomic E-state index is 14.0. The van der Waals surface area contributed by atoms with E-state index in [4.69, 9.17) is 4.74 Å². The highest BCUT2D eigenvalue weighted by molar-refractivity contribution is 6.01. The Kier molecular flexibility index (Phi) is 9.97. The molecular weight excluding hydrogens is 666 g/mol. The van der Waals surface area contributed by atoms with Crippen LogP contribution in [0.4, 0.5) is 0 Å². The Hall–Kier alpha value is -3.36. The molecule has 5 aliphatic carbocycles. The van der Waals surface area contributed by atoms with Gasteiger partial charge in [-0.1, -0.05) is 54.5 Å². The second kappa shape index (κ2) is 13.4. The Labute approximate surface area is 316 Å². The molecular formula is C44H63N3O6. The summed E-state index contributed by atoms with van der Waals surface area (Å²) in [7, 11) is 0. The van der Waals surface area contributed by atoms with Gasteiger partial charge in [0.2, 0.25) is 5.91 Å². The van der Waals surface area contributed by atoms with Crippen LogP contribution in [0, 0.1) is 56.2 Å². The number of ketones is 1. The lowest BCUT2D eigenvalue weighted by atomic mass is 9.33. The number of carboxylic acid groups (broad SMARTS) is 1. The monoisotopic (exact) mass is 729 g/mol. The molecule has 290 valence electrons. The van der Waals surface area contributed by atoms with E-state index < -0.39 is 22.8 Å². The molecule has 0 saturated heterocycles. The summed E-state index contributed by atoms with van der Waals surface area (Å²) in [5.74, 6) is 0.381. The molecule has 0 aromatic carbocycles. The third-order valence-corrected chi connectivity index (χ3v) is 15.7. The summed E-state index contributed by atoms with van der Waals surface area (Å²) in [6.07, 6.45) is 14.9. The third-order valence-electron chi connectivity index (χ3n) is 15.7. The Bertz CT molecular complexity index is 1710. The first kappa shape index (κ1) is 39.3. The molecule has 1 aromatic heterocycles. The van der Waals surface area contributed by atoms with Gasteiger partial charge in [0.25, 0.3) is 0 Å². The van der Waals surface area contributed by atoms with E-state index in [1.807, 2.05) is 6.92 Å². The van der Waals surface area contributed by atoms with Gasteiger partial charge in [-0.3, -0.25) is 19.2 Å². The highest BCUT2D eigenvalue weighted by Gasteiger charge is 2.70. The predicted molar refractivity (Wildman–Crippen MR) is 203 cm³/mol. The molecule has 1 heterocycles. The van der Waals surface area contributed by atoms with Crippen molar-refractivity contribution >= 4 is 23.6 Å². The number of amides is 1. The van der Waals surface area contributed by atoms with Crippen LogP contribution in [0.25, 0.3) is 0 Å². The minimum atomic E-state index is -1.17. The Morgan fingerprint density at radius 1 is 0.943 bits per heavy atom. The van der Waals surface area contributed by atoms with Crippen LogP contribution in [0.15, 0.2) is 41.8 Å². The number of aliphatic carboxylic acids is 1. The van der Waals surface area contributed by atoms with Crippen molar-refractivity contribution in [3.05, 3.63) is 47.6 Å². The number of carbonyl (C=O) groups excluding carboxylic acids is 3. The average molecular weight is 730 g/mol. The van der Waals surface area contributed by atoms with E-state index in [-0.39, 0.29) is 63.8 Å². The molecule has 0 aliphatic heterocycles. The number of carbonyl (C=O) groups is 4. The predicted octanol–water partition coefficient (Wildman–Crippen LogP) is 8.60. The van der Waals surface area contributed by atoms with Crippen LogP contribution in [-0.4, -0.2) is 44.8 Å². The molecule has 0 spiro atoms. The van der Waals surface area contributed by atoms with Crippen molar-refractivity contribution in [2.75, 3.05) is 0 Å². The molecule has 0 unspecified atom stereocenters. The fourth-order valence-electron chi connectivity index (χ4n) is 12.8. The number of Topliss-reactive ketones (excluding diaryl/α,β-unsaturated/α-hetero) is 1. The SMILES string of the molecule is CC(C)C1=C2[C@H]3CC[C@@H]4[C@@]5(C)CC[C@H](OC(=O)CC(C)(C)C(=O)O)C(C)(C)[C@@H]5CC[C@@]4(C)[C@]3(C)CC[C@@]2(/C=C/C(=O)N[C@H](C)c2ncccn2)CC1=O. The lowest BCUT2D eigenvalue weighted by Gasteiger charge is -2.72. The van der Waals surface area contributed by atoms with Gasteiger partial charge in [0, 0.05) is 29.6 Å². The summed E-state index contributed by atoms with van der Waals surface area (Å²) in [5.41, 5.74) is 0.516. The van der Waals surface area contributed by atoms with E-state index >= 15 is 0 Å². The zero-order chi connectivity index (χ0) is 38.9. The number of hydrogen-bond donors (Lipinski definition) is 2. The molecule has 4 saturated carbocycles. The number of fused-ring (bicyclic) bond motifs is 7. The highest BCUT2D eigenvalue weighted by Crippen LogP contribution is 2.77. The van der Waals surface area contributed by atoms with Crippen LogP contribution in [0.5, 0.6) is 0 Å². The molecule has 4 fully saturated rings. The highest BCUT2D eigenvalue weighted by atomic mass is 16.5. The van der Waals surface area contributed by atoms with Gasteiger partial charge in [-0.25, -0.2) is 9.97 Å². The number of ether oxygens (including phenoxy) is 1. The van der Waals surface area contributed by atoms with Crippen molar-refractivity contribution in [1.29, 1.82) is 0 Å². The fraction of sp³-hybridized carbons (Fsp3) is 0.727. The number of aromatic nitrogens is 2. The zero-order valence-electron chi connectivity index (χ0n) is 33.8. The summed E-state index contributed by atoms with van der Waals surface area (Å²) in [6, 6.07) is 1.42. The van der Waals surface area contributed by atoms with Crippen LogP contribution in [-0.2, 0) is 23.9 Å². The minimum Gasteiger partial charge on any atom is -0.481 e. The van der Waals surface area contributed by atoms with Crippen molar-refractivity contribution in [3.8, 4) is 0 Å². The molecule has 1 aromatic rings. The summed E-state index contributed by atoms with van der Waals surface area (Å²) in [5, 5.41) is 12.6. The van der Waals surface area contributed by atoms with E-state index in [2.05, 4.69) is 69.8 Å². The van der Waals surface area contributed by atoms with Crippen molar-refractivity contribution in [3.63, 3.8) is 0 Å². The maximum absolute atomic E-state index is 14.0. The molecule has 9 heteroatoms. The maximum Gasteiger partial charge on any atom is 0.309 e. The number of allylic oxidation sites excluding steroid dienone is 3. The summed E-state index contributed by atoms with van der Waals surface area (Å²) >= 11 is 0. The molecule has 1 amide bonds. The molecule has 6 rings (SSSR count). The van der Waals surface area contributed by atoms with Gasteiger partial charge in [0.05, 0.1) is 17.9 Å². The van der Waals surface area contributed by atoms with Gasteiger partial charge in [0.1, 0.15) is 11.9 Å². The van der Waals surface area contributed by atoms with E-state index in [0.29, 0.717) is 24.1 Å². The molecule has 2 N–H and O–H groups in total. The Morgan fingerprint density at radius 3 is 2.26 bits per heavy atom.